The van der Waals surface area contributed by atoms with Crippen molar-refractivity contribution in [2.24, 2.45) is 0 Å². The first-order valence-electron chi connectivity index (χ1n) is 10.4. The van der Waals surface area contributed by atoms with Gasteiger partial charge in [0.25, 0.3) is 5.91 Å². The van der Waals surface area contributed by atoms with Crippen LogP contribution >= 0.6 is 11.3 Å². The molecule has 0 atom stereocenters. The lowest BCUT2D eigenvalue weighted by Crippen LogP contribution is -2.22. The number of carbonyl (C=O) groups is 1. The van der Waals surface area contributed by atoms with E-state index in [2.05, 4.69) is 15.3 Å². The average molecular weight is 479 g/mol. The molecule has 33 heavy (non-hydrogen) atoms. The molecule has 0 spiro atoms. The summed E-state index contributed by atoms with van der Waals surface area (Å²) in [6, 6.07) is 7.23. The van der Waals surface area contributed by atoms with Crippen molar-refractivity contribution in [1.82, 2.24) is 14.9 Å². The first-order valence-corrected chi connectivity index (χ1v) is 11.3. The number of anilines is 2. The monoisotopic (exact) mass is 478 g/mol. The summed E-state index contributed by atoms with van der Waals surface area (Å²) in [4.78, 5) is 22.0. The molecule has 10 heteroatoms. The summed E-state index contributed by atoms with van der Waals surface area (Å²) < 4.78 is 46.0. The SMILES string of the molecule is CCCCCOc1ccc(Nc2nc(-c3ccc(C(=O)N(C)C)nc3)cs2)cc1C(F)(F)F. The Morgan fingerprint density at radius 2 is 1.97 bits per heavy atom. The van der Waals surface area contributed by atoms with E-state index < -0.39 is 11.7 Å². The summed E-state index contributed by atoms with van der Waals surface area (Å²) in [5, 5.41) is 5.13. The van der Waals surface area contributed by atoms with Gasteiger partial charge in [-0.1, -0.05) is 19.8 Å². The van der Waals surface area contributed by atoms with Gasteiger partial charge in [0.05, 0.1) is 17.9 Å². The second-order valence-electron chi connectivity index (χ2n) is 7.56. The van der Waals surface area contributed by atoms with Crippen LogP contribution in [-0.2, 0) is 6.18 Å². The fourth-order valence-electron chi connectivity index (χ4n) is 2.98. The number of unbranched alkanes of at least 4 members (excludes halogenated alkanes) is 2. The van der Waals surface area contributed by atoms with Gasteiger partial charge in [0.2, 0.25) is 0 Å². The van der Waals surface area contributed by atoms with Crippen molar-refractivity contribution in [3.8, 4) is 17.0 Å². The Morgan fingerprint density at radius 3 is 2.61 bits per heavy atom. The number of nitrogens with zero attached hydrogens (tertiary/aromatic N) is 3. The zero-order chi connectivity index (χ0) is 24.0. The van der Waals surface area contributed by atoms with Gasteiger partial charge < -0.3 is 15.0 Å². The maximum Gasteiger partial charge on any atom is 0.420 e. The normalized spacial score (nSPS) is 11.3. The number of pyridine rings is 1. The molecule has 3 rings (SSSR count). The molecule has 0 aliphatic rings. The van der Waals surface area contributed by atoms with Crippen LogP contribution in [0.2, 0.25) is 0 Å². The predicted octanol–water partition coefficient (Wildman–Crippen LogP) is 6.24. The van der Waals surface area contributed by atoms with E-state index in [4.69, 9.17) is 4.74 Å². The Balaban J connectivity index is 1.74. The van der Waals surface area contributed by atoms with Crippen molar-refractivity contribution in [3.63, 3.8) is 0 Å². The minimum absolute atomic E-state index is 0.178. The van der Waals surface area contributed by atoms with Gasteiger partial charge in [0, 0.05) is 36.9 Å². The maximum atomic E-state index is 13.6. The number of amides is 1. The summed E-state index contributed by atoms with van der Waals surface area (Å²) >= 11 is 1.25. The largest absolute Gasteiger partial charge is 0.493 e. The number of ether oxygens (including phenoxy) is 1. The maximum absolute atomic E-state index is 13.6. The quantitative estimate of drug-likeness (QED) is 0.369. The van der Waals surface area contributed by atoms with E-state index >= 15 is 0 Å². The number of alkyl halides is 3. The lowest BCUT2D eigenvalue weighted by atomic mass is 10.1. The van der Waals surface area contributed by atoms with Crippen molar-refractivity contribution in [2.75, 3.05) is 26.0 Å². The Kier molecular flexibility index (Phi) is 7.91. The van der Waals surface area contributed by atoms with Crippen LogP contribution in [0.15, 0.2) is 41.9 Å². The van der Waals surface area contributed by atoms with Crippen molar-refractivity contribution in [2.45, 2.75) is 32.4 Å². The molecule has 1 aromatic carbocycles. The third-order valence-corrected chi connectivity index (χ3v) is 5.49. The summed E-state index contributed by atoms with van der Waals surface area (Å²) in [5.74, 6) is -0.386. The Morgan fingerprint density at radius 1 is 1.18 bits per heavy atom. The molecule has 0 aliphatic heterocycles. The molecule has 0 fully saturated rings. The molecular formula is C23H25F3N4O2S. The van der Waals surface area contributed by atoms with Gasteiger partial charge in [-0.15, -0.1) is 11.3 Å². The average Bonchev–Trinajstić information content (AvgIpc) is 3.24. The number of hydrogen-bond donors (Lipinski definition) is 1. The Bertz CT molecular complexity index is 1080. The summed E-state index contributed by atoms with van der Waals surface area (Å²) in [5.41, 5.74) is 1.04. The van der Waals surface area contributed by atoms with Gasteiger partial charge in [-0.2, -0.15) is 13.2 Å². The van der Waals surface area contributed by atoms with Crippen molar-refractivity contribution in [3.05, 3.63) is 53.2 Å². The fraction of sp³-hybridized carbons (Fsp3) is 0.348. The van der Waals surface area contributed by atoms with Gasteiger partial charge in [-0.05, 0) is 36.8 Å². The number of aromatic nitrogens is 2. The van der Waals surface area contributed by atoms with Gasteiger partial charge in [0.15, 0.2) is 5.13 Å². The second-order valence-corrected chi connectivity index (χ2v) is 8.42. The molecule has 3 aromatic rings. The first-order chi connectivity index (χ1) is 15.7. The minimum atomic E-state index is -4.54. The molecular weight excluding hydrogens is 453 g/mol. The number of hydrogen-bond acceptors (Lipinski definition) is 6. The van der Waals surface area contributed by atoms with Crippen molar-refractivity contribution in [1.29, 1.82) is 0 Å². The lowest BCUT2D eigenvalue weighted by Gasteiger charge is -2.15. The number of carbonyl (C=O) groups excluding carboxylic acids is 1. The standard InChI is InChI=1S/C23H25F3N4O2S/c1-4-5-6-11-32-20-10-8-16(12-17(20)23(24,25)26)28-22-29-19(14-33-22)15-7-9-18(27-13-15)21(31)30(2)3/h7-10,12-14H,4-6,11H2,1-3H3,(H,28,29). The van der Waals surface area contributed by atoms with Crippen LogP contribution in [0.5, 0.6) is 5.75 Å². The van der Waals surface area contributed by atoms with E-state index in [1.54, 1.807) is 37.8 Å². The molecule has 0 unspecified atom stereocenters. The molecule has 0 bridgehead atoms. The summed E-state index contributed by atoms with van der Waals surface area (Å²) in [7, 11) is 3.29. The number of nitrogens with one attached hydrogen (secondary N) is 1. The van der Waals surface area contributed by atoms with Gasteiger partial charge in [-0.25, -0.2) is 4.98 Å². The number of halogens is 3. The van der Waals surface area contributed by atoms with Crippen molar-refractivity contribution < 1.29 is 22.7 Å². The van der Waals surface area contributed by atoms with Crippen molar-refractivity contribution >= 4 is 28.1 Å². The third-order valence-electron chi connectivity index (χ3n) is 4.73. The molecule has 2 aromatic heterocycles. The minimum Gasteiger partial charge on any atom is -0.493 e. The number of thiazole rings is 1. The van der Waals surface area contributed by atoms with E-state index in [1.807, 2.05) is 6.92 Å². The Hall–Kier alpha value is -3.14. The van der Waals surface area contributed by atoms with Gasteiger partial charge in [0.1, 0.15) is 11.4 Å². The second kappa shape index (κ2) is 10.7. The predicted molar refractivity (Wildman–Crippen MR) is 123 cm³/mol. The highest BCUT2D eigenvalue weighted by Crippen LogP contribution is 2.39. The van der Waals surface area contributed by atoms with E-state index in [0.29, 0.717) is 28.5 Å². The zero-order valence-corrected chi connectivity index (χ0v) is 19.4. The van der Waals surface area contributed by atoms with Crippen LogP contribution in [0.3, 0.4) is 0 Å². The van der Waals surface area contributed by atoms with E-state index in [1.165, 1.54) is 28.4 Å². The molecule has 176 valence electrons. The number of rotatable bonds is 9. The van der Waals surface area contributed by atoms with E-state index in [0.717, 1.165) is 18.9 Å². The molecule has 2 heterocycles. The molecule has 0 aliphatic carbocycles. The van der Waals surface area contributed by atoms with E-state index in [9.17, 15) is 18.0 Å². The lowest BCUT2D eigenvalue weighted by molar-refractivity contribution is -0.138. The smallest absolute Gasteiger partial charge is 0.420 e. The van der Waals surface area contributed by atoms with Crippen LogP contribution in [0.4, 0.5) is 24.0 Å². The molecule has 6 nitrogen and oxygen atoms in total. The molecule has 0 saturated heterocycles. The zero-order valence-electron chi connectivity index (χ0n) is 18.6. The summed E-state index contributed by atoms with van der Waals surface area (Å²) in [6.07, 6.45) is -0.430. The highest BCUT2D eigenvalue weighted by atomic mass is 32.1. The number of benzene rings is 1. The van der Waals surface area contributed by atoms with Gasteiger partial charge >= 0.3 is 6.18 Å². The first kappa shape index (κ1) is 24.5. The van der Waals surface area contributed by atoms with E-state index in [-0.39, 0.29) is 24.0 Å². The summed E-state index contributed by atoms with van der Waals surface area (Å²) in [6.45, 7) is 2.26. The van der Waals surface area contributed by atoms with Crippen LogP contribution in [0.1, 0.15) is 42.2 Å². The molecule has 1 amide bonds. The fourth-order valence-corrected chi connectivity index (χ4v) is 3.72. The van der Waals surface area contributed by atoms with Gasteiger partial charge in [-0.3, -0.25) is 9.78 Å². The molecule has 0 saturated carbocycles. The van der Waals surface area contributed by atoms with Crippen LogP contribution in [-0.4, -0.2) is 41.5 Å². The highest BCUT2D eigenvalue weighted by Gasteiger charge is 2.34. The molecule has 1 N–H and O–H groups in total. The molecule has 0 radical (unpaired) electrons. The van der Waals surface area contributed by atoms with Crippen LogP contribution in [0, 0.1) is 0 Å². The van der Waals surface area contributed by atoms with Crippen LogP contribution < -0.4 is 10.1 Å². The Labute approximate surface area is 194 Å². The third kappa shape index (κ3) is 6.44. The van der Waals surface area contributed by atoms with Crippen LogP contribution in [0.25, 0.3) is 11.3 Å². The highest BCUT2D eigenvalue weighted by molar-refractivity contribution is 7.14. The topological polar surface area (TPSA) is 67.3 Å².